The molecule has 146 valence electrons. The highest BCUT2D eigenvalue weighted by Gasteiger charge is 2.47. The van der Waals surface area contributed by atoms with E-state index in [-0.39, 0.29) is 29.9 Å². The molecule has 0 bridgehead atoms. The summed E-state index contributed by atoms with van der Waals surface area (Å²) >= 11 is 0. The molecule has 2 aromatic rings. The Labute approximate surface area is 166 Å². The first-order valence-electron chi connectivity index (χ1n) is 10.1. The Balaban J connectivity index is 1.68. The van der Waals surface area contributed by atoms with Crippen LogP contribution in [0.2, 0.25) is 0 Å². The van der Waals surface area contributed by atoms with E-state index in [0.717, 1.165) is 43.5 Å². The van der Waals surface area contributed by atoms with Crippen LogP contribution in [0.25, 0.3) is 0 Å². The molecular weight excluding hydrogens is 350 g/mol. The van der Waals surface area contributed by atoms with E-state index in [1.165, 1.54) is 0 Å². The Morgan fingerprint density at radius 2 is 1.82 bits per heavy atom. The number of benzene rings is 1. The molecule has 0 unspecified atom stereocenters. The Bertz CT molecular complexity index is 850. The lowest BCUT2D eigenvalue weighted by atomic mass is 10.00. The average Bonchev–Trinajstić information content (AvgIpc) is 2.96. The highest BCUT2D eigenvalue weighted by atomic mass is 16.2. The van der Waals surface area contributed by atoms with Crippen molar-refractivity contribution in [3.05, 3.63) is 65.5 Å². The van der Waals surface area contributed by atoms with Gasteiger partial charge in [-0.2, -0.15) is 0 Å². The van der Waals surface area contributed by atoms with Gasteiger partial charge in [-0.15, -0.1) is 0 Å². The first-order chi connectivity index (χ1) is 13.6. The van der Waals surface area contributed by atoms with Crippen molar-refractivity contribution in [3.8, 4) is 0 Å². The number of aromatic nitrogens is 1. The normalized spacial score (nSPS) is 24.6. The highest BCUT2D eigenvalue weighted by Crippen LogP contribution is 2.42. The first-order valence-corrected chi connectivity index (χ1v) is 10.1. The van der Waals surface area contributed by atoms with Crippen molar-refractivity contribution in [3.63, 3.8) is 0 Å². The molecule has 3 atom stereocenters. The second-order valence-corrected chi connectivity index (χ2v) is 7.91. The van der Waals surface area contributed by atoms with Crippen molar-refractivity contribution in [2.45, 2.75) is 57.7 Å². The predicted molar refractivity (Wildman–Crippen MR) is 108 cm³/mol. The lowest BCUT2D eigenvalue weighted by Gasteiger charge is -2.33. The Morgan fingerprint density at radius 3 is 2.50 bits per heavy atom. The van der Waals surface area contributed by atoms with Gasteiger partial charge in [0.25, 0.3) is 5.91 Å². The maximum atomic E-state index is 13.3. The van der Waals surface area contributed by atoms with Crippen molar-refractivity contribution in [1.29, 1.82) is 0 Å². The SMILES string of the molecule is CC(=O)N1[C@H](c2ccccc2)C[C@@H]2[C@@H]1CCCCN2C(=O)c1ccc(C)nc1. The second-order valence-electron chi connectivity index (χ2n) is 7.91. The number of pyridine rings is 1. The van der Waals surface area contributed by atoms with Crippen LogP contribution in [0.4, 0.5) is 0 Å². The third kappa shape index (κ3) is 3.41. The summed E-state index contributed by atoms with van der Waals surface area (Å²) in [6.07, 6.45) is 5.41. The zero-order chi connectivity index (χ0) is 19.7. The molecule has 2 fully saturated rings. The maximum Gasteiger partial charge on any atom is 0.255 e. The Morgan fingerprint density at radius 1 is 1.04 bits per heavy atom. The molecule has 2 amide bonds. The summed E-state index contributed by atoms with van der Waals surface area (Å²) in [7, 11) is 0. The molecule has 5 nitrogen and oxygen atoms in total. The third-order valence-electron chi connectivity index (χ3n) is 6.12. The van der Waals surface area contributed by atoms with E-state index in [0.29, 0.717) is 5.56 Å². The number of hydrogen-bond donors (Lipinski definition) is 0. The smallest absolute Gasteiger partial charge is 0.255 e. The van der Waals surface area contributed by atoms with Crippen LogP contribution in [0.1, 0.15) is 60.3 Å². The van der Waals surface area contributed by atoms with Crippen LogP contribution in [-0.4, -0.2) is 45.2 Å². The molecule has 2 aliphatic rings. The van der Waals surface area contributed by atoms with Crippen LogP contribution >= 0.6 is 0 Å². The minimum absolute atomic E-state index is 0.0262. The fourth-order valence-corrected chi connectivity index (χ4v) is 4.82. The summed E-state index contributed by atoms with van der Waals surface area (Å²) in [6, 6.07) is 14.1. The lowest BCUT2D eigenvalue weighted by Crippen LogP contribution is -2.47. The van der Waals surface area contributed by atoms with Crippen molar-refractivity contribution < 1.29 is 9.59 Å². The summed E-state index contributed by atoms with van der Waals surface area (Å²) in [4.78, 5) is 34.2. The predicted octanol–water partition coefficient (Wildman–Crippen LogP) is 3.75. The molecule has 28 heavy (non-hydrogen) atoms. The zero-order valence-corrected chi connectivity index (χ0v) is 16.5. The van der Waals surface area contributed by atoms with Crippen LogP contribution in [0.5, 0.6) is 0 Å². The minimum atomic E-state index is 0.0262. The summed E-state index contributed by atoms with van der Waals surface area (Å²) in [6.45, 7) is 4.31. The van der Waals surface area contributed by atoms with Crippen LogP contribution in [0, 0.1) is 6.92 Å². The van der Waals surface area contributed by atoms with E-state index in [4.69, 9.17) is 0 Å². The number of aryl methyl sites for hydroxylation is 1. The van der Waals surface area contributed by atoms with Crippen molar-refractivity contribution in [1.82, 2.24) is 14.8 Å². The van der Waals surface area contributed by atoms with Crippen LogP contribution in [0.15, 0.2) is 48.7 Å². The lowest BCUT2D eigenvalue weighted by molar-refractivity contribution is -0.132. The monoisotopic (exact) mass is 377 g/mol. The standard InChI is InChI=1S/C23H27N3O2/c1-16-11-12-19(15-24-16)23(28)25-13-7-6-10-20-22(25)14-21(26(20)17(2)27)18-8-4-3-5-9-18/h3-5,8-9,11-12,15,20-22H,6-7,10,13-14H2,1-2H3/t20-,21-,22+/m0/s1. The summed E-state index contributed by atoms with van der Waals surface area (Å²) in [5.41, 5.74) is 2.68. The van der Waals surface area contributed by atoms with Gasteiger partial charge in [-0.25, -0.2) is 0 Å². The van der Waals surface area contributed by atoms with Crippen molar-refractivity contribution in [2.24, 2.45) is 0 Å². The second kappa shape index (κ2) is 7.74. The molecule has 1 aromatic carbocycles. The molecule has 3 heterocycles. The number of hydrogen-bond acceptors (Lipinski definition) is 3. The van der Waals surface area contributed by atoms with Gasteiger partial charge >= 0.3 is 0 Å². The number of rotatable bonds is 2. The van der Waals surface area contributed by atoms with Crippen LogP contribution < -0.4 is 0 Å². The summed E-state index contributed by atoms with van der Waals surface area (Å²) in [5, 5.41) is 0. The summed E-state index contributed by atoms with van der Waals surface area (Å²) < 4.78 is 0. The Kier molecular flexibility index (Phi) is 5.16. The first kappa shape index (κ1) is 18.7. The molecule has 1 aromatic heterocycles. The zero-order valence-electron chi connectivity index (χ0n) is 16.5. The number of carbonyl (C=O) groups excluding carboxylic acids is 2. The third-order valence-corrected chi connectivity index (χ3v) is 6.12. The average molecular weight is 377 g/mol. The molecule has 2 saturated heterocycles. The topological polar surface area (TPSA) is 53.5 Å². The fraction of sp³-hybridized carbons (Fsp3) is 0.435. The highest BCUT2D eigenvalue weighted by molar-refractivity contribution is 5.94. The molecule has 0 spiro atoms. The van der Waals surface area contributed by atoms with Gasteiger partial charge in [-0.3, -0.25) is 14.6 Å². The van der Waals surface area contributed by atoms with E-state index in [1.807, 2.05) is 47.1 Å². The molecule has 0 saturated carbocycles. The molecule has 4 rings (SSSR count). The molecule has 0 radical (unpaired) electrons. The molecule has 5 heteroatoms. The maximum absolute atomic E-state index is 13.3. The van der Waals surface area contributed by atoms with Crippen molar-refractivity contribution >= 4 is 11.8 Å². The van der Waals surface area contributed by atoms with Gasteiger partial charge < -0.3 is 9.80 Å². The quantitative estimate of drug-likeness (QED) is 0.801. The largest absolute Gasteiger partial charge is 0.333 e. The van der Waals surface area contributed by atoms with Crippen LogP contribution in [0.3, 0.4) is 0 Å². The number of likely N-dealkylation sites (tertiary alicyclic amines) is 2. The Hall–Kier alpha value is -2.69. The number of fused-ring (bicyclic) bond motifs is 1. The molecule has 2 aliphatic heterocycles. The number of carbonyl (C=O) groups is 2. The van der Waals surface area contributed by atoms with Gasteiger partial charge in [0.05, 0.1) is 23.7 Å². The minimum Gasteiger partial charge on any atom is -0.333 e. The van der Waals surface area contributed by atoms with Crippen LogP contribution in [-0.2, 0) is 4.79 Å². The van der Waals surface area contributed by atoms with Gasteiger partial charge in [0.1, 0.15) is 0 Å². The van der Waals surface area contributed by atoms with Gasteiger partial charge in [-0.05, 0) is 50.3 Å². The van der Waals surface area contributed by atoms with E-state index in [1.54, 1.807) is 13.1 Å². The number of amides is 2. The number of nitrogens with zero attached hydrogens (tertiary/aromatic N) is 3. The van der Waals surface area contributed by atoms with Gasteiger partial charge in [0, 0.05) is 25.4 Å². The van der Waals surface area contributed by atoms with Gasteiger partial charge in [0.2, 0.25) is 5.91 Å². The van der Waals surface area contributed by atoms with Crippen molar-refractivity contribution in [2.75, 3.05) is 6.54 Å². The van der Waals surface area contributed by atoms with E-state index < -0.39 is 0 Å². The fourth-order valence-electron chi connectivity index (χ4n) is 4.82. The van der Waals surface area contributed by atoms with E-state index in [9.17, 15) is 9.59 Å². The van der Waals surface area contributed by atoms with E-state index >= 15 is 0 Å². The summed E-state index contributed by atoms with van der Waals surface area (Å²) in [5.74, 6) is 0.120. The molecular formula is C23H27N3O2. The molecule has 0 aliphatic carbocycles. The van der Waals surface area contributed by atoms with Gasteiger partial charge in [-0.1, -0.05) is 30.3 Å². The van der Waals surface area contributed by atoms with E-state index in [2.05, 4.69) is 17.1 Å². The molecule has 0 N–H and O–H groups in total. The van der Waals surface area contributed by atoms with Gasteiger partial charge in [0.15, 0.2) is 0 Å².